The summed E-state index contributed by atoms with van der Waals surface area (Å²) < 4.78 is 5.18. The van der Waals surface area contributed by atoms with Gasteiger partial charge >= 0.3 is 5.97 Å². The number of nitrogens with one attached hydrogen (secondary N) is 2. The van der Waals surface area contributed by atoms with E-state index < -0.39 is 11.9 Å². The van der Waals surface area contributed by atoms with Gasteiger partial charge in [0.1, 0.15) is 13.2 Å². The summed E-state index contributed by atoms with van der Waals surface area (Å²) in [5.41, 5.74) is 2.80. The van der Waals surface area contributed by atoms with Crippen LogP contribution in [0.3, 0.4) is 0 Å². The van der Waals surface area contributed by atoms with Crippen LogP contribution in [0.15, 0.2) is 78.9 Å². The van der Waals surface area contributed by atoms with Crippen molar-refractivity contribution in [2.45, 2.75) is 13.5 Å². The molecule has 0 saturated heterocycles. The molecule has 162 valence electrons. The van der Waals surface area contributed by atoms with Crippen LogP contribution < -0.4 is 10.6 Å². The normalized spacial score (nSPS) is 10.2. The first-order valence-corrected chi connectivity index (χ1v) is 9.92. The summed E-state index contributed by atoms with van der Waals surface area (Å²) in [7, 11) is 0. The van der Waals surface area contributed by atoms with Crippen molar-refractivity contribution < 1.29 is 23.9 Å². The fourth-order valence-electron chi connectivity index (χ4n) is 2.89. The van der Waals surface area contributed by atoms with Gasteiger partial charge in [-0.05, 0) is 29.8 Å². The molecule has 0 atom stereocenters. The molecule has 0 spiro atoms. The Bertz CT molecular complexity index is 1110. The Balaban J connectivity index is 1.45. The quantitative estimate of drug-likeness (QED) is 0.422. The third kappa shape index (κ3) is 6.37. The van der Waals surface area contributed by atoms with Crippen LogP contribution in [0.1, 0.15) is 38.8 Å². The van der Waals surface area contributed by atoms with Crippen molar-refractivity contribution in [1.82, 2.24) is 5.32 Å². The molecule has 0 saturated carbocycles. The van der Waals surface area contributed by atoms with Crippen LogP contribution in [0.25, 0.3) is 0 Å². The summed E-state index contributed by atoms with van der Waals surface area (Å²) in [5.74, 6) is -1.30. The molecular weight excluding hydrogens is 408 g/mol. The highest BCUT2D eigenvalue weighted by Gasteiger charge is 2.11. The molecule has 7 heteroatoms. The number of anilines is 1. The van der Waals surface area contributed by atoms with Gasteiger partial charge in [-0.15, -0.1) is 0 Å². The fraction of sp³-hybridized carbons (Fsp3) is 0.120. The van der Waals surface area contributed by atoms with Gasteiger partial charge in [-0.2, -0.15) is 0 Å². The zero-order chi connectivity index (χ0) is 22.9. The van der Waals surface area contributed by atoms with Crippen molar-refractivity contribution >= 4 is 29.3 Å². The van der Waals surface area contributed by atoms with Crippen LogP contribution in [-0.4, -0.2) is 30.1 Å². The predicted octanol–water partition coefficient (Wildman–Crippen LogP) is 3.35. The van der Waals surface area contributed by atoms with Crippen molar-refractivity contribution in [3.05, 3.63) is 101 Å². The molecule has 0 aliphatic carbocycles. The van der Waals surface area contributed by atoms with E-state index in [4.69, 9.17) is 4.74 Å². The third-order valence-corrected chi connectivity index (χ3v) is 4.51. The minimum atomic E-state index is -0.586. The van der Waals surface area contributed by atoms with E-state index in [0.717, 1.165) is 5.56 Å². The maximum absolute atomic E-state index is 12.4. The monoisotopic (exact) mass is 430 g/mol. The number of ether oxygens (including phenoxy) is 1. The summed E-state index contributed by atoms with van der Waals surface area (Å²) >= 11 is 0. The second kappa shape index (κ2) is 10.7. The number of amides is 2. The van der Waals surface area contributed by atoms with Gasteiger partial charge < -0.3 is 15.4 Å². The molecular formula is C25H22N2O5. The van der Waals surface area contributed by atoms with E-state index in [1.165, 1.54) is 6.92 Å². The van der Waals surface area contributed by atoms with Gasteiger partial charge in [0.25, 0.3) is 5.91 Å². The summed E-state index contributed by atoms with van der Waals surface area (Å²) in [6.07, 6.45) is 0. The molecule has 3 aromatic rings. The summed E-state index contributed by atoms with van der Waals surface area (Å²) in [4.78, 5) is 47.5. The highest BCUT2D eigenvalue weighted by atomic mass is 16.5. The second-order valence-electron chi connectivity index (χ2n) is 6.99. The number of carbonyl (C=O) groups is 4. The third-order valence-electron chi connectivity index (χ3n) is 4.51. The fourth-order valence-corrected chi connectivity index (χ4v) is 2.89. The molecule has 0 fully saturated rings. The molecule has 2 amide bonds. The first-order chi connectivity index (χ1) is 15.4. The van der Waals surface area contributed by atoms with E-state index in [9.17, 15) is 19.2 Å². The van der Waals surface area contributed by atoms with Gasteiger partial charge in [-0.3, -0.25) is 19.2 Å². The van der Waals surface area contributed by atoms with E-state index in [1.54, 1.807) is 72.8 Å². The second-order valence-corrected chi connectivity index (χ2v) is 6.99. The maximum Gasteiger partial charge on any atom is 0.325 e. The zero-order valence-corrected chi connectivity index (χ0v) is 17.5. The first kappa shape index (κ1) is 22.4. The van der Waals surface area contributed by atoms with Crippen LogP contribution in [0.4, 0.5) is 5.69 Å². The Morgan fingerprint density at radius 2 is 1.34 bits per heavy atom. The van der Waals surface area contributed by atoms with Crippen molar-refractivity contribution in [1.29, 1.82) is 0 Å². The topological polar surface area (TPSA) is 102 Å². The lowest BCUT2D eigenvalue weighted by Crippen LogP contribution is -2.30. The summed E-state index contributed by atoms with van der Waals surface area (Å²) in [5, 5.41) is 5.10. The van der Waals surface area contributed by atoms with E-state index >= 15 is 0 Å². The van der Waals surface area contributed by atoms with E-state index in [2.05, 4.69) is 10.6 Å². The predicted molar refractivity (Wildman–Crippen MR) is 119 cm³/mol. The number of hydrogen-bond donors (Lipinski definition) is 2. The van der Waals surface area contributed by atoms with Gasteiger partial charge in [-0.25, -0.2) is 0 Å². The molecule has 0 unspecified atom stereocenters. The lowest BCUT2D eigenvalue weighted by molar-refractivity contribution is -0.143. The number of benzene rings is 3. The lowest BCUT2D eigenvalue weighted by Gasteiger charge is -2.08. The zero-order valence-electron chi connectivity index (χ0n) is 17.5. The van der Waals surface area contributed by atoms with Gasteiger partial charge in [0.2, 0.25) is 5.91 Å². The van der Waals surface area contributed by atoms with Crippen LogP contribution in [0.5, 0.6) is 0 Å². The van der Waals surface area contributed by atoms with Gasteiger partial charge in [0.15, 0.2) is 5.78 Å². The Labute approximate surface area is 185 Å². The molecule has 0 aliphatic heterocycles. The molecule has 2 N–H and O–H groups in total. The van der Waals surface area contributed by atoms with Crippen molar-refractivity contribution in [3.8, 4) is 0 Å². The minimum absolute atomic E-state index is 0.0277. The van der Waals surface area contributed by atoms with E-state index in [-0.39, 0.29) is 24.8 Å². The molecule has 0 heterocycles. The summed E-state index contributed by atoms with van der Waals surface area (Å²) in [6.45, 7) is 1.14. The molecule has 7 nitrogen and oxygen atoms in total. The van der Waals surface area contributed by atoms with E-state index in [1.807, 2.05) is 6.07 Å². The van der Waals surface area contributed by atoms with Gasteiger partial charge in [0, 0.05) is 29.3 Å². The van der Waals surface area contributed by atoms with Crippen LogP contribution >= 0.6 is 0 Å². The van der Waals surface area contributed by atoms with Crippen LogP contribution in [0.2, 0.25) is 0 Å². The molecule has 3 rings (SSSR count). The van der Waals surface area contributed by atoms with Crippen molar-refractivity contribution in [2.24, 2.45) is 0 Å². The largest absolute Gasteiger partial charge is 0.460 e. The molecule has 0 bridgehead atoms. The average molecular weight is 430 g/mol. The van der Waals surface area contributed by atoms with Crippen LogP contribution in [0, 0.1) is 0 Å². The number of carbonyl (C=O) groups excluding carboxylic acids is 4. The number of rotatable bonds is 8. The van der Waals surface area contributed by atoms with Gasteiger partial charge in [0.05, 0.1) is 0 Å². The molecule has 3 aromatic carbocycles. The number of hydrogen-bond acceptors (Lipinski definition) is 5. The molecule has 0 aromatic heterocycles. The number of esters is 1. The standard InChI is InChI=1S/C25H22N2O5/c1-17(28)27-22-13-11-21(12-14-22)25(31)26-15-23(29)32-16-18-7-9-20(10-8-18)24(30)19-5-3-2-4-6-19/h2-14H,15-16H2,1H3,(H,26,31)(H,27,28). The minimum Gasteiger partial charge on any atom is -0.460 e. The summed E-state index contributed by atoms with van der Waals surface area (Å²) in [6, 6.07) is 22.1. The Hall–Kier alpha value is -4.26. The SMILES string of the molecule is CC(=O)Nc1ccc(C(=O)NCC(=O)OCc2ccc(C(=O)c3ccccc3)cc2)cc1. The van der Waals surface area contributed by atoms with E-state index in [0.29, 0.717) is 22.4 Å². The average Bonchev–Trinajstić information content (AvgIpc) is 2.81. The maximum atomic E-state index is 12.4. The lowest BCUT2D eigenvalue weighted by atomic mass is 10.0. The Kier molecular flexibility index (Phi) is 7.48. The molecule has 0 radical (unpaired) electrons. The van der Waals surface area contributed by atoms with Crippen LogP contribution in [-0.2, 0) is 20.9 Å². The first-order valence-electron chi connectivity index (χ1n) is 9.92. The number of ketones is 1. The molecule has 32 heavy (non-hydrogen) atoms. The Morgan fingerprint density at radius 3 is 1.97 bits per heavy atom. The smallest absolute Gasteiger partial charge is 0.325 e. The Morgan fingerprint density at radius 1 is 0.750 bits per heavy atom. The molecule has 0 aliphatic rings. The van der Waals surface area contributed by atoms with Crippen molar-refractivity contribution in [2.75, 3.05) is 11.9 Å². The van der Waals surface area contributed by atoms with Gasteiger partial charge in [-0.1, -0.05) is 54.6 Å². The highest BCUT2D eigenvalue weighted by molar-refractivity contribution is 6.08. The highest BCUT2D eigenvalue weighted by Crippen LogP contribution is 2.12. The van der Waals surface area contributed by atoms with Crippen molar-refractivity contribution in [3.63, 3.8) is 0 Å².